The van der Waals surface area contributed by atoms with Crippen molar-refractivity contribution in [3.05, 3.63) is 29.3 Å². The highest BCUT2D eigenvalue weighted by Gasteiger charge is 2.27. The van der Waals surface area contributed by atoms with Gasteiger partial charge in [-0.2, -0.15) is 0 Å². The summed E-state index contributed by atoms with van der Waals surface area (Å²) in [5.41, 5.74) is 9.41. The molecule has 1 aromatic rings. The van der Waals surface area contributed by atoms with Crippen LogP contribution in [-0.2, 0) is 17.8 Å². The van der Waals surface area contributed by atoms with Crippen LogP contribution in [0.3, 0.4) is 0 Å². The molecule has 1 aliphatic heterocycles. The molecule has 1 aliphatic carbocycles. The van der Waals surface area contributed by atoms with Crippen LogP contribution in [-0.4, -0.2) is 17.4 Å². The number of fused-ring (bicyclic) bond motifs is 1. The number of carbonyl (C=O) groups is 1. The van der Waals surface area contributed by atoms with E-state index in [-0.39, 0.29) is 5.92 Å². The summed E-state index contributed by atoms with van der Waals surface area (Å²) >= 11 is 0. The molecule has 0 aromatic heterocycles. The molecule has 1 heterocycles. The smallest absolute Gasteiger partial charge is 0.225 e. The van der Waals surface area contributed by atoms with E-state index in [0.717, 1.165) is 38.0 Å². The summed E-state index contributed by atoms with van der Waals surface area (Å²) < 4.78 is 0. The molecule has 3 heteroatoms. The molecule has 0 unspecified atom stereocenters. The molecule has 1 saturated carbocycles. The van der Waals surface area contributed by atoms with Gasteiger partial charge in [-0.1, -0.05) is 44.2 Å². The summed E-state index contributed by atoms with van der Waals surface area (Å²) in [6, 6.07) is 6.08. The average Bonchev–Trinajstić information content (AvgIpc) is 2.46. The van der Waals surface area contributed by atoms with Gasteiger partial charge in [0.25, 0.3) is 0 Å². The Hall–Kier alpha value is -1.51. The number of carbonyl (C=O) groups excluding carboxylic acids is 1. The standard InChI is InChI=1S/C18H26N2O/c19-17-10-6-9-15-13-20(12-11-16(15)17)18(21)14-7-4-2-1-3-5-8-14/h6,9-10,14H,1-5,7-8,11-13,19H2. The van der Waals surface area contributed by atoms with Crippen LogP contribution in [0.15, 0.2) is 18.2 Å². The van der Waals surface area contributed by atoms with E-state index < -0.39 is 0 Å². The predicted octanol–water partition coefficient (Wildman–Crippen LogP) is 3.51. The van der Waals surface area contributed by atoms with Gasteiger partial charge in [-0.05, 0) is 36.5 Å². The zero-order valence-corrected chi connectivity index (χ0v) is 12.8. The molecular weight excluding hydrogens is 260 g/mol. The van der Waals surface area contributed by atoms with Crippen LogP contribution in [0.5, 0.6) is 0 Å². The molecule has 0 saturated heterocycles. The highest BCUT2D eigenvalue weighted by atomic mass is 16.2. The Bertz CT molecular complexity index is 504. The van der Waals surface area contributed by atoms with Crippen LogP contribution < -0.4 is 5.73 Å². The van der Waals surface area contributed by atoms with E-state index in [0.29, 0.717) is 5.91 Å². The Morgan fingerprint density at radius 2 is 1.81 bits per heavy atom. The van der Waals surface area contributed by atoms with Gasteiger partial charge in [0.05, 0.1) is 0 Å². The molecule has 0 bridgehead atoms. The van der Waals surface area contributed by atoms with E-state index in [1.165, 1.54) is 43.2 Å². The highest BCUT2D eigenvalue weighted by Crippen LogP contribution is 2.28. The molecule has 21 heavy (non-hydrogen) atoms. The van der Waals surface area contributed by atoms with Crippen LogP contribution in [0.25, 0.3) is 0 Å². The van der Waals surface area contributed by atoms with Crippen molar-refractivity contribution in [1.82, 2.24) is 4.90 Å². The van der Waals surface area contributed by atoms with Crippen LogP contribution in [0.4, 0.5) is 5.69 Å². The minimum absolute atomic E-state index is 0.257. The second kappa shape index (κ2) is 6.50. The maximum atomic E-state index is 12.8. The molecule has 0 atom stereocenters. The van der Waals surface area contributed by atoms with Gasteiger partial charge in [-0.25, -0.2) is 0 Å². The van der Waals surface area contributed by atoms with Crippen molar-refractivity contribution in [2.75, 3.05) is 12.3 Å². The molecule has 3 rings (SSSR count). The third kappa shape index (κ3) is 3.22. The van der Waals surface area contributed by atoms with Gasteiger partial charge < -0.3 is 10.6 Å². The Kier molecular flexibility index (Phi) is 4.47. The fourth-order valence-electron chi connectivity index (χ4n) is 3.79. The Morgan fingerprint density at radius 3 is 2.57 bits per heavy atom. The maximum absolute atomic E-state index is 12.8. The lowest BCUT2D eigenvalue weighted by molar-refractivity contribution is -0.137. The minimum Gasteiger partial charge on any atom is -0.398 e. The summed E-state index contributed by atoms with van der Waals surface area (Å²) in [6.07, 6.45) is 9.43. The number of anilines is 1. The topological polar surface area (TPSA) is 46.3 Å². The van der Waals surface area contributed by atoms with Crippen molar-refractivity contribution in [2.24, 2.45) is 5.92 Å². The van der Waals surface area contributed by atoms with Gasteiger partial charge in [-0.3, -0.25) is 4.79 Å². The first-order valence-electron chi connectivity index (χ1n) is 8.41. The molecule has 1 amide bonds. The van der Waals surface area contributed by atoms with Gasteiger partial charge in [0.2, 0.25) is 5.91 Å². The van der Waals surface area contributed by atoms with Crippen LogP contribution in [0.1, 0.15) is 56.1 Å². The van der Waals surface area contributed by atoms with Gasteiger partial charge in [-0.15, -0.1) is 0 Å². The number of rotatable bonds is 1. The number of nitrogens with zero attached hydrogens (tertiary/aromatic N) is 1. The third-order valence-electron chi connectivity index (χ3n) is 5.07. The molecular formula is C18H26N2O. The highest BCUT2D eigenvalue weighted by molar-refractivity contribution is 5.79. The molecule has 3 nitrogen and oxygen atoms in total. The Balaban J connectivity index is 1.68. The minimum atomic E-state index is 0.257. The zero-order chi connectivity index (χ0) is 14.7. The predicted molar refractivity (Wildman–Crippen MR) is 85.8 cm³/mol. The average molecular weight is 286 g/mol. The van der Waals surface area contributed by atoms with E-state index in [2.05, 4.69) is 11.0 Å². The van der Waals surface area contributed by atoms with Crippen molar-refractivity contribution >= 4 is 11.6 Å². The van der Waals surface area contributed by atoms with Crippen molar-refractivity contribution in [3.63, 3.8) is 0 Å². The van der Waals surface area contributed by atoms with Crippen molar-refractivity contribution in [2.45, 2.75) is 57.9 Å². The summed E-state index contributed by atoms with van der Waals surface area (Å²) in [5, 5.41) is 0. The van der Waals surface area contributed by atoms with Crippen LogP contribution in [0, 0.1) is 5.92 Å². The lowest BCUT2D eigenvalue weighted by Gasteiger charge is -2.33. The van der Waals surface area contributed by atoms with E-state index in [1.54, 1.807) is 0 Å². The lowest BCUT2D eigenvalue weighted by atomic mass is 9.89. The van der Waals surface area contributed by atoms with E-state index in [1.807, 2.05) is 12.1 Å². The number of hydrogen-bond donors (Lipinski definition) is 1. The summed E-state index contributed by atoms with van der Waals surface area (Å²) in [5.74, 6) is 0.637. The number of amides is 1. The van der Waals surface area contributed by atoms with Crippen LogP contribution >= 0.6 is 0 Å². The molecule has 2 N–H and O–H groups in total. The maximum Gasteiger partial charge on any atom is 0.225 e. The van der Waals surface area contributed by atoms with Gasteiger partial charge in [0.1, 0.15) is 0 Å². The first kappa shape index (κ1) is 14.4. The SMILES string of the molecule is Nc1cccc2c1CCN(C(=O)C1CCCCCCC1)C2. The fraction of sp³-hybridized carbons (Fsp3) is 0.611. The van der Waals surface area contributed by atoms with Gasteiger partial charge >= 0.3 is 0 Å². The number of nitrogen functional groups attached to an aromatic ring is 1. The second-order valence-corrected chi connectivity index (χ2v) is 6.54. The third-order valence-corrected chi connectivity index (χ3v) is 5.07. The van der Waals surface area contributed by atoms with Gasteiger partial charge in [0.15, 0.2) is 0 Å². The number of nitrogens with two attached hydrogens (primary N) is 1. The van der Waals surface area contributed by atoms with E-state index in [4.69, 9.17) is 5.73 Å². The summed E-state index contributed by atoms with van der Waals surface area (Å²) in [4.78, 5) is 14.9. The molecule has 0 radical (unpaired) electrons. The molecule has 1 aromatic carbocycles. The van der Waals surface area contributed by atoms with Crippen LogP contribution in [0.2, 0.25) is 0 Å². The normalized spacial score (nSPS) is 20.5. The number of benzene rings is 1. The largest absolute Gasteiger partial charge is 0.398 e. The zero-order valence-electron chi connectivity index (χ0n) is 12.8. The van der Waals surface area contributed by atoms with Gasteiger partial charge in [0, 0.05) is 24.7 Å². The molecule has 2 aliphatic rings. The van der Waals surface area contributed by atoms with E-state index in [9.17, 15) is 4.79 Å². The first-order chi connectivity index (χ1) is 10.3. The Labute approximate surface area is 127 Å². The van der Waals surface area contributed by atoms with Crippen molar-refractivity contribution in [3.8, 4) is 0 Å². The van der Waals surface area contributed by atoms with Crippen molar-refractivity contribution < 1.29 is 4.79 Å². The fourth-order valence-corrected chi connectivity index (χ4v) is 3.79. The van der Waals surface area contributed by atoms with Crippen molar-refractivity contribution in [1.29, 1.82) is 0 Å². The lowest BCUT2D eigenvalue weighted by Crippen LogP contribution is -2.40. The second-order valence-electron chi connectivity index (χ2n) is 6.54. The molecule has 114 valence electrons. The molecule has 1 fully saturated rings. The number of hydrogen-bond acceptors (Lipinski definition) is 2. The first-order valence-corrected chi connectivity index (χ1v) is 8.41. The summed E-state index contributed by atoms with van der Waals surface area (Å²) in [7, 11) is 0. The summed E-state index contributed by atoms with van der Waals surface area (Å²) in [6.45, 7) is 1.58. The molecule has 0 spiro atoms. The van der Waals surface area contributed by atoms with E-state index >= 15 is 0 Å². The monoisotopic (exact) mass is 286 g/mol. The Morgan fingerprint density at radius 1 is 1.10 bits per heavy atom. The quantitative estimate of drug-likeness (QED) is 0.803.